The van der Waals surface area contributed by atoms with E-state index in [0.717, 1.165) is 5.56 Å². The first-order valence-electron chi connectivity index (χ1n) is 10.8. The van der Waals surface area contributed by atoms with Gasteiger partial charge in [-0.05, 0) is 30.5 Å². The number of carboxylic acids is 1. The van der Waals surface area contributed by atoms with Crippen molar-refractivity contribution in [1.29, 1.82) is 0 Å². The van der Waals surface area contributed by atoms with Crippen LogP contribution in [0.4, 0.5) is 0 Å². The lowest BCUT2D eigenvalue weighted by atomic mass is 9.72. The normalized spacial score (nSPS) is 27.3. The lowest BCUT2D eigenvalue weighted by Crippen LogP contribution is -2.61. The van der Waals surface area contributed by atoms with E-state index in [9.17, 15) is 30.3 Å². The van der Waals surface area contributed by atoms with Gasteiger partial charge in [0, 0.05) is 10.4 Å². The van der Waals surface area contributed by atoms with Gasteiger partial charge in [0.2, 0.25) is 0 Å². The van der Waals surface area contributed by atoms with Crippen LogP contribution in [0.25, 0.3) is 0 Å². The van der Waals surface area contributed by atoms with Crippen LogP contribution in [0.3, 0.4) is 0 Å². The molecule has 0 radical (unpaired) electrons. The highest BCUT2D eigenvalue weighted by Crippen LogP contribution is 2.38. The molecule has 0 amide bonds. The van der Waals surface area contributed by atoms with E-state index in [1.54, 1.807) is 26.0 Å². The molecule has 188 valence electrons. The van der Waals surface area contributed by atoms with Crippen LogP contribution in [-0.4, -0.2) is 89.2 Å². The Hall–Kier alpha value is -2.12. The molecule has 1 aromatic heterocycles. The maximum atomic E-state index is 11.8. The molecule has 1 saturated heterocycles. The van der Waals surface area contributed by atoms with Crippen LogP contribution < -0.4 is 0 Å². The number of benzene rings is 1. The number of aryl methyl sites for hydroxylation is 1. The minimum atomic E-state index is -1.82. The van der Waals surface area contributed by atoms with Gasteiger partial charge in [-0.3, -0.25) is 4.68 Å². The zero-order valence-electron chi connectivity index (χ0n) is 18.9. The summed E-state index contributed by atoms with van der Waals surface area (Å²) in [6.07, 6.45) is -4.92. The summed E-state index contributed by atoms with van der Waals surface area (Å²) in [5.41, 5.74) is -1.39. The highest BCUT2D eigenvalue weighted by Gasteiger charge is 2.49. The third-order valence-electron chi connectivity index (χ3n) is 6.31. The van der Waals surface area contributed by atoms with Gasteiger partial charge in [-0.2, -0.15) is 5.10 Å². The second-order valence-electron chi connectivity index (χ2n) is 9.18. The number of nitrogens with zero attached hydrogens (tertiary/aromatic N) is 3. The van der Waals surface area contributed by atoms with Gasteiger partial charge in [-0.15, -0.1) is 0 Å². The number of halogens is 1. The van der Waals surface area contributed by atoms with Gasteiger partial charge in [0.1, 0.15) is 31.0 Å². The summed E-state index contributed by atoms with van der Waals surface area (Å²) < 4.78 is 12.4. The number of rotatable bonds is 10. The number of ether oxygens (including phenoxy) is 2. The number of aliphatic hydroxyl groups excluding tert-OH is 3. The van der Waals surface area contributed by atoms with Gasteiger partial charge in [0.25, 0.3) is 0 Å². The van der Waals surface area contributed by atoms with Gasteiger partial charge >= 0.3 is 5.97 Å². The van der Waals surface area contributed by atoms with E-state index < -0.39 is 47.7 Å². The van der Waals surface area contributed by atoms with Crippen molar-refractivity contribution in [2.24, 2.45) is 5.41 Å². The fourth-order valence-electron chi connectivity index (χ4n) is 3.83. The number of hydrogen-bond acceptors (Lipinski definition) is 9. The van der Waals surface area contributed by atoms with Crippen LogP contribution in [0, 0.1) is 5.41 Å². The number of hydrogen-bond donors (Lipinski definition) is 5. The van der Waals surface area contributed by atoms with E-state index in [1.165, 1.54) is 17.3 Å². The van der Waals surface area contributed by atoms with Crippen molar-refractivity contribution in [3.05, 3.63) is 47.5 Å². The molecule has 1 aliphatic rings. The van der Waals surface area contributed by atoms with Gasteiger partial charge < -0.3 is 35.0 Å². The highest BCUT2D eigenvalue weighted by molar-refractivity contribution is 6.30. The second-order valence-corrected chi connectivity index (χ2v) is 9.62. The van der Waals surface area contributed by atoms with Gasteiger partial charge in [0.15, 0.2) is 12.4 Å². The summed E-state index contributed by atoms with van der Waals surface area (Å²) in [5, 5.41) is 55.8. The molecule has 1 aromatic carbocycles. The van der Waals surface area contributed by atoms with E-state index in [4.69, 9.17) is 21.1 Å². The summed E-state index contributed by atoms with van der Waals surface area (Å²) in [7, 11) is 0. The van der Waals surface area contributed by atoms with Crippen LogP contribution in [0.1, 0.15) is 25.8 Å². The Morgan fingerprint density at radius 3 is 2.44 bits per heavy atom. The highest BCUT2D eigenvalue weighted by atomic mass is 35.5. The average Bonchev–Trinajstić information content (AvgIpc) is 3.29. The molecule has 2 heterocycles. The van der Waals surface area contributed by atoms with E-state index in [0.29, 0.717) is 17.9 Å². The third-order valence-corrected chi connectivity index (χ3v) is 6.56. The summed E-state index contributed by atoms with van der Waals surface area (Å²) >= 11 is 5.96. The van der Waals surface area contributed by atoms with Crippen LogP contribution in [0.2, 0.25) is 5.02 Å². The smallest absolute Gasteiger partial charge is 0.335 e. The molecule has 5 N–H and O–H groups in total. The monoisotopic (exact) mass is 499 g/mol. The second kappa shape index (κ2) is 10.6. The van der Waals surface area contributed by atoms with Crippen molar-refractivity contribution in [1.82, 2.24) is 14.8 Å². The first-order chi connectivity index (χ1) is 15.9. The molecular formula is C22H30ClN3O8. The number of aliphatic hydroxyl groups is 4. The summed E-state index contributed by atoms with van der Waals surface area (Å²) in [6, 6.07) is 7.27. The Bertz CT molecular complexity index is 942. The van der Waals surface area contributed by atoms with Crippen molar-refractivity contribution in [3.8, 4) is 0 Å². The molecular weight excluding hydrogens is 470 g/mol. The predicted octanol–water partition coefficient (Wildman–Crippen LogP) is 0.230. The Kier molecular flexibility index (Phi) is 8.30. The van der Waals surface area contributed by atoms with Gasteiger partial charge in [-0.1, -0.05) is 37.6 Å². The van der Waals surface area contributed by atoms with E-state index in [-0.39, 0.29) is 13.2 Å². The summed E-state index contributed by atoms with van der Waals surface area (Å²) in [4.78, 5) is 15.3. The van der Waals surface area contributed by atoms with E-state index in [1.807, 2.05) is 12.1 Å². The summed E-state index contributed by atoms with van der Waals surface area (Å²) in [6.45, 7) is 3.42. The number of aliphatic carboxylic acids is 1. The molecule has 3 rings (SSSR count). The lowest BCUT2D eigenvalue weighted by molar-refractivity contribution is -0.303. The summed E-state index contributed by atoms with van der Waals surface area (Å²) in [5.74, 6) is -1.50. The SMILES string of the molecule is CC(C)(CO[C@@H]1O[C@H](C(=O)O)[C@@H](O)[C@H](O)[C@H]1O)C(O)(CCc1ccc(Cl)cc1)Cn1cncn1. The molecule has 11 nitrogen and oxygen atoms in total. The molecule has 0 saturated carbocycles. The van der Waals surface area contributed by atoms with E-state index in [2.05, 4.69) is 10.1 Å². The molecule has 0 spiro atoms. The number of carbonyl (C=O) groups is 1. The maximum absolute atomic E-state index is 11.8. The van der Waals surface area contributed by atoms with Crippen LogP contribution >= 0.6 is 11.6 Å². The number of aromatic nitrogens is 3. The number of carboxylic acid groups (broad SMARTS) is 1. The van der Waals surface area contributed by atoms with Crippen molar-refractivity contribution in [3.63, 3.8) is 0 Å². The van der Waals surface area contributed by atoms with Crippen molar-refractivity contribution >= 4 is 17.6 Å². The van der Waals surface area contributed by atoms with Crippen LogP contribution in [-0.2, 0) is 27.2 Å². The quantitative estimate of drug-likeness (QED) is 0.305. The molecule has 1 unspecified atom stereocenters. The predicted molar refractivity (Wildman–Crippen MR) is 119 cm³/mol. The lowest BCUT2D eigenvalue weighted by Gasteiger charge is -2.45. The molecule has 1 fully saturated rings. The molecule has 0 bridgehead atoms. The minimum Gasteiger partial charge on any atom is -0.479 e. The first kappa shape index (κ1) is 26.5. The topological polar surface area (TPSA) is 167 Å². The molecule has 34 heavy (non-hydrogen) atoms. The van der Waals surface area contributed by atoms with Gasteiger partial charge in [-0.25, -0.2) is 9.78 Å². The van der Waals surface area contributed by atoms with Crippen LogP contribution in [0.5, 0.6) is 0 Å². The largest absolute Gasteiger partial charge is 0.479 e. The molecule has 6 atom stereocenters. The average molecular weight is 500 g/mol. The fourth-order valence-corrected chi connectivity index (χ4v) is 3.96. The molecule has 1 aliphatic heterocycles. The van der Waals surface area contributed by atoms with Gasteiger partial charge in [0.05, 0.1) is 18.8 Å². The van der Waals surface area contributed by atoms with Crippen molar-refractivity contribution in [2.45, 2.75) is 69.5 Å². The maximum Gasteiger partial charge on any atom is 0.335 e. The Labute approximate surface area is 201 Å². The molecule has 2 aromatic rings. The van der Waals surface area contributed by atoms with Crippen molar-refractivity contribution < 1.29 is 39.8 Å². The zero-order valence-corrected chi connectivity index (χ0v) is 19.6. The third kappa shape index (κ3) is 5.92. The van der Waals surface area contributed by atoms with Crippen LogP contribution in [0.15, 0.2) is 36.9 Å². The van der Waals surface area contributed by atoms with E-state index >= 15 is 0 Å². The molecule has 0 aliphatic carbocycles. The Morgan fingerprint density at radius 2 is 1.85 bits per heavy atom. The fraction of sp³-hybridized carbons (Fsp3) is 0.591. The van der Waals surface area contributed by atoms with Crippen molar-refractivity contribution in [2.75, 3.05) is 6.61 Å². The Balaban J connectivity index is 1.75. The molecule has 12 heteroatoms. The zero-order chi connectivity index (χ0) is 25.1. The first-order valence-corrected chi connectivity index (χ1v) is 11.1. The Morgan fingerprint density at radius 1 is 1.18 bits per heavy atom. The standard InChI is InChI=1S/C22H30ClN3O8/c1-21(2,10-33-20-17(29)15(27)16(28)18(34-20)19(30)31)22(32,9-26-12-24-11-25-26)8-7-13-3-5-14(23)6-4-13/h3-6,11-12,15-18,20,27-29,32H,7-10H2,1-2H3,(H,30,31)/t15-,16-,17+,18-,20+,22?/m0/s1. The minimum absolute atomic E-state index is 0.0874.